The highest BCUT2D eigenvalue weighted by Crippen LogP contribution is 2.33. The Labute approximate surface area is 147 Å². The minimum atomic E-state index is -3.05. The zero-order chi connectivity index (χ0) is 19.1. The molecule has 0 amide bonds. The molecule has 2 rings (SSSR count). The molecule has 0 unspecified atom stereocenters. The molecule has 0 radical (unpaired) electrons. The normalized spacial score (nSPS) is 10.0. The number of rotatable bonds is 5. The second-order valence-corrected chi connectivity index (χ2v) is 4.88. The lowest BCUT2D eigenvalue weighted by Crippen LogP contribution is -2.06. The van der Waals surface area contributed by atoms with Crippen molar-refractivity contribution < 1.29 is 33.0 Å². The Morgan fingerprint density at radius 3 is 2.65 bits per heavy atom. The first-order valence-corrected chi connectivity index (χ1v) is 7.28. The molecule has 0 aliphatic heterocycles. The first-order valence-electron chi connectivity index (χ1n) is 7.28. The molecule has 8 heteroatoms. The number of para-hydroxylation sites is 1. The Kier molecular flexibility index (Phi) is 6.22. The summed E-state index contributed by atoms with van der Waals surface area (Å²) in [5.74, 6) is 3.15. The fourth-order valence-electron chi connectivity index (χ4n) is 2.07. The highest BCUT2D eigenvalue weighted by atomic mass is 19.3. The molecule has 0 saturated carbocycles. The van der Waals surface area contributed by atoms with E-state index in [1.165, 1.54) is 37.4 Å². The zero-order valence-corrected chi connectivity index (χ0v) is 13.5. The molecule has 0 fully saturated rings. The number of esters is 1. The lowest BCUT2D eigenvalue weighted by Gasteiger charge is -2.12. The van der Waals surface area contributed by atoms with Gasteiger partial charge in [-0.25, -0.2) is 9.78 Å². The lowest BCUT2D eigenvalue weighted by atomic mass is 10.0. The van der Waals surface area contributed by atoms with Gasteiger partial charge in [0.05, 0.1) is 5.56 Å². The van der Waals surface area contributed by atoms with Crippen molar-refractivity contribution in [2.45, 2.75) is 13.5 Å². The van der Waals surface area contributed by atoms with Gasteiger partial charge >= 0.3 is 18.6 Å². The molecular formula is C18H13F2NO5. The summed E-state index contributed by atoms with van der Waals surface area (Å²) in [4.78, 5) is 26.2. The van der Waals surface area contributed by atoms with Gasteiger partial charge < -0.3 is 14.6 Å². The highest BCUT2D eigenvalue weighted by molar-refractivity contribution is 5.97. The highest BCUT2D eigenvalue weighted by Gasteiger charge is 2.18. The molecule has 0 bridgehead atoms. The number of carbonyl (C=O) groups excluding carboxylic acids is 1. The molecule has 1 aromatic carbocycles. The number of carboxylic acids is 1. The summed E-state index contributed by atoms with van der Waals surface area (Å²) in [6.45, 7) is -1.98. The predicted molar refractivity (Wildman–Crippen MR) is 86.8 cm³/mol. The van der Waals surface area contributed by atoms with Crippen LogP contribution in [0.2, 0.25) is 0 Å². The summed E-state index contributed by atoms with van der Waals surface area (Å²) >= 11 is 0. The molecular weight excluding hydrogens is 348 g/mol. The van der Waals surface area contributed by atoms with Crippen LogP contribution in [0.5, 0.6) is 5.75 Å². The SMILES string of the molecule is CC(=O)OCC#Cc1cc(C(=O)O)c(-c2ccccc2OC(F)F)cn1. The van der Waals surface area contributed by atoms with Gasteiger partial charge in [-0.1, -0.05) is 24.1 Å². The van der Waals surface area contributed by atoms with E-state index in [1.807, 2.05) is 0 Å². The van der Waals surface area contributed by atoms with Crippen LogP contribution in [0.4, 0.5) is 8.78 Å². The van der Waals surface area contributed by atoms with Crippen LogP contribution < -0.4 is 4.74 Å². The van der Waals surface area contributed by atoms with Crippen LogP contribution in [-0.4, -0.2) is 35.2 Å². The van der Waals surface area contributed by atoms with E-state index in [9.17, 15) is 23.5 Å². The quantitative estimate of drug-likeness (QED) is 0.651. The van der Waals surface area contributed by atoms with Crippen LogP contribution in [0, 0.1) is 11.8 Å². The third-order valence-electron chi connectivity index (χ3n) is 3.09. The number of pyridine rings is 1. The Bertz CT molecular complexity index is 887. The van der Waals surface area contributed by atoms with E-state index in [0.29, 0.717) is 0 Å². The average Bonchev–Trinajstić information content (AvgIpc) is 2.58. The van der Waals surface area contributed by atoms with Crippen LogP contribution in [-0.2, 0) is 9.53 Å². The van der Waals surface area contributed by atoms with Gasteiger partial charge in [0.15, 0.2) is 6.61 Å². The van der Waals surface area contributed by atoms with Crippen LogP contribution >= 0.6 is 0 Å². The number of hydrogen-bond acceptors (Lipinski definition) is 5. The number of halogens is 2. The number of hydrogen-bond donors (Lipinski definition) is 1. The number of nitrogens with zero attached hydrogens (tertiary/aromatic N) is 1. The maximum absolute atomic E-state index is 12.6. The number of carbonyl (C=O) groups is 2. The summed E-state index contributed by atoms with van der Waals surface area (Å²) in [7, 11) is 0. The van der Waals surface area contributed by atoms with E-state index in [4.69, 9.17) is 0 Å². The predicted octanol–water partition coefficient (Wildman–Crippen LogP) is 2.96. The van der Waals surface area contributed by atoms with E-state index < -0.39 is 18.6 Å². The van der Waals surface area contributed by atoms with Gasteiger partial charge in [0.1, 0.15) is 11.4 Å². The molecule has 0 aliphatic carbocycles. The smallest absolute Gasteiger partial charge is 0.387 e. The number of ether oxygens (including phenoxy) is 2. The average molecular weight is 361 g/mol. The van der Waals surface area contributed by atoms with Gasteiger partial charge in [0.2, 0.25) is 0 Å². The maximum atomic E-state index is 12.6. The Hall–Kier alpha value is -3.47. The third kappa shape index (κ3) is 5.01. The van der Waals surface area contributed by atoms with Crippen LogP contribution in [0.3, 0.4) is 0 Å². The van der Waals surface area contributed by atoms with E-state index >= 15 is 0 Å². The van der Waals surface area contributed by atoms with Crippen molar-refractivity contribution in [2.75, 3.05) is 6.61 Å². The number of benzene rings is 1. The Morgan fingerprint density at radius 2 is 2.00 bits per heavy atom. The van der Waals surface area contributed by atoms with Crippen molar-refractivity contribution >= 4 is 11.9 Å². The molecule has 2 aromatic rings. The van der Waals surface area contributed by atoms with Crippen molar-refractivity contribution in [3.05, 3.63) is 47.8 Å². The third-order valence-corrected chi connectivity index (χ3v) is 3.09. The summed E-state index contributed by atoms with van der Waals surface area (Å²) in [6.07, 6.45) is 1.22. The summed E-state index contributed by atoms with van der Waals surface area (Å²) in [6, 6.07) is 7.01. The summed E-state index contributed by atoms with van der Waals surface area (Å²) in [5, 5.41) is 9.43. The van der Waals surface area contributed by atoms with Crippen molar-refractivity contribution in [3.63, 3.8) is 0 Å². The van der Waals surface area contributed by atoms with Crippen LogP contribution in [0.1, 0.15) is 23.0 Å². The molecule has 0 aliphatic rings. The molecule has 0 atom stereocenters. The van der Waals surface area contributed by atoms with Crippen LogP contribution in [0.15, 0.2) is 36.5 Å². The summed E-state index contributed by atoms with van der Waals surface area (Å²) < 4.78 is 34.2. The molecule has 1 aromatic heterocycles. The monoisotopic (exact) mass is 361 g/mol. The van der Waals surface area contributed by atoms with E-state index in [0.717, 1.165) is 0 Å². The Balaban J connectivity index is 2.42. The molecule has 0 saturated heterocycles. The molecule has 1 heterocycles. The largest absolute Gasteiger partial charge is 0.478 e. The first-order chi connectivity index (χ1) is 12.4. The topological polar surface area (TPSA) is 85.7 Å². The number of alkyl halides is 2. The Morgan fingerprint density at radius 1 is 1.27 bits per heavy atom. The zero-order valence-electron chi connectivity index (χ0n) is 13.5. The van der Waals surface area contributed by atoms with Gasteiger partial charge in [0, 0.05) is 24.2 Å². The minimum absolute atomic E-state index is 0.110. The minimum Gasteiger partial charge on any atom is -0.478 e. The van der Waals surface area contributed by atoms with Gasteiger partial charge in [-0.2, -0.15) is 8.78 Å². The molecule has 6 nitrogen and oxygen atoms in total. The number of carboxylic acid groups (broad SMARTS) is 1. The molecule has 1 N–H and O–H groups in total. The van der Waals surface area contributed by atoms with Gasteiger partial charge in [-0.05, 0) is 18.1 Å². The van der Waals surface area contributed by atoms with Gasteiger partial charge in [-0.15, -0.1) is 0 Å². The fourth-order valence-corrected chi connectivity index (χ4v) is 2.07. The van der Waals surface area contributed by atoms with Crippen molar-refractivity contribution in [2.24, 2.45) is 0 Å². The van der Waals surface area contributed by atoms with Gasteiger partial charge in [-0.3, -0.25) is 4.79 Å². The maximum Gasteiger partial charge on any atom is 0.387 e. The summed E-state index contributed by atoms with van der Waals surface area (Å²) in [5.41, 5.74) is 0.226. The van der Waals surface area contributed by atoms with E-state index in [2.05, 4.69) is 26.3 Å². The first kappa shape index (κ1) is 18.9. The number of aromatic nitrogens is 1. The van der Waals surface area contributed by atoms with Crippen molar-refractivity contribution in [1.82, 2.24) is 4.98 Å². The number of aromatic carboxylic acids is 1. The van der Waals surface area contributed by atoms with Crippen molar-refractivity contribution in [3.8, 4) is 28.7 Å². The molecule has 0 spiro atoms. The molecule has 134 valence electrons. The second kappa shape index (κ2) is 8.58. The van der Waals surface area contributed by atoms with Crippen LogP contribution in [0.25, 0.3) is 11.1 Å². The van der Waals surface area contributed by atoms with E-state index in [-0.39, 0.29) is 34.7 Å². The second-order valence-electron chi connectivity index (χ2n) is 4.88. The van der Waals surface area contributed by atoms with E-state index in [1.54, 1.807) is 6.07 Å². The molecule has 26 heavy (non-hydrogen) atoms. The van der Waals surface area contributed by atoms with Crippen molar-refractivity contribution in [1.29, 1.82) is 0 Å². The lowest BCUT2D eigenvalue weighted by molar-refractivity contribution is -0.139. The van der Waals surface area contributed by atoms with Gasteiger partial charge in [0.25, 0.3) is 0 Å². The fraction of sp³-hybridized carbons (Fsp3) is 0.167. The standard InChI is InChI=1S/C18H13F2NO5/c1-11(22)25-8-4-5-12-9-14(17(23)24)15(10-21-12)13-6-2-3-7-16(13)26-18(19)20/h2-3,6-7,9-10,18H,8H2,1H3,(H,23,24).